The van der Waals surface area contributed by atoms with Gasteiger partial charge in [-0.2, -0.15) is 0 Å². The van der Waals surface area contributed by atoms with Gasteiger partial charge in [-0.05, 0) is 94.4 Å². The summed E-state index contributed by atoms with van der Waals surface area (Å²) >= 11 is 1.76. The van der Waals surface area contributed by atoms with Crippen molar-refractivity contribution in [2.75, 3.05) is 0 Å². The van der Waals surface area contributed by atoms with Crippen molar-refractivity contribution in [3.63, 3.8) is 0 Å². The van der Waals surface area contributed by atoms with Gasteiger partial charge >= 0.3 is 0 Å². The molecule has 4 aromatic heterocycles. The Labute approximate surface area is 300 Å². The monoisotopic (exact) mass is 821 g/mol. The fourth-order valence-electron chi connectivity index (χ4n) is 6.22. The number of fused-ring (bicyclic) bond motifs is 4. The van der Waals surface area contributed by atoms with Crippen molar-refractivity contribution in [3.05, 3.63) is 143 Å². The minimum atomic E-state index is -0.0477. The molecule has 4 aromatic carbocycles. The molecule has 0 amide bonds. The molecule has 48 heavy (non-hydrogen) atoms. The number of furan rings is 1. The second-order valence-electron chi connectivity index (χ2n) is 13.1. The van der Waals surface area contributed by atoms with Gasteiger partial charge in [-0.25, -0.2) is 0 Å². The summed E-state index contributed by atoms with van der Waals surface area (Å²) in [5.74, 6) is 0. The molecule has 0 bridgehead atoms. The van der Waals surface area contributed by atoms with Crippen LogP contribution in [0.5, 0.6) is 0 Å². The smallest absolute Gasteiger partial charge is 0.121 e. The maximum absolute atomic E-state index is 6.43. The predicted molar refractivity (Wildman–Crippen MR) is 198 cm³/mol. The zero-order valence-corrected chi connectivity index (χ0v) is 31.1. The molecule has 5 heteroatoms. The Kier molecular flexibility index (Phi) is 9.49. The number of pyridine rings is 2. The number of thiophene rings is 1. The molecule has 0 saturated heterocycles. The van der Waals surface area contributed by atoms with E-state index in [9.17, 15) is 0 Å². The summed E-state index contributed by atoms with van der Waals surface area (Å²) in [5, 5.41) is 5.59. The van der Waals surface area contributed by atoms with E-state index in [1.54, 1.807) is 11.3 Å². The maximum Gasteiger partial charge on any atom is 0.121 e. The van der Waals surface area contributed by atoms with Gasteiger partial charge in [0.1, 0.15) is 5.58 Å². The van der Waals surface area contributed by atoms with Crippen LogP contribution in [0.3, 0.4) is 0 Å². The van der Waals surface area contributed by atoms with Gasteiger partial charge < -0.3 is 14.4 Å². The number of benzene rings is 4. The third-order valence-electron chi connectivity index (χ3n) is 8.62. The normalized spacial score (nSPS) is 11.4. The molecule has 0 aliphatic heterocycles. The molecular formula is C43H36IrN2OS-2. The molecule has 0 aliphatic rings. The predicted octanol–water partition coefficient (Wildman–Crippen LogP) is 12.1. The van der Waals surface area contributed by atoms with Crippen LogP contribution < -0.4 is 0 Å². The summed E-state index contributed by atoms with van der Waals surface area (Å²) in [4.78, 5) is 9.28. The molecule has 0 aliphatic carbocycles. The molecule has 0 spiro atoms. The zero-order valence-electron chi connectivity index (χ0n) is 27.9. The van der Waals surface area contributed by atoms with E-state index >= 15 is 0 Å². The molecule has 0 atom stereocenters. The van der Waals surface area contributed by atoms with Crippen LogP contribution in [0.4, 0.5) is 0 Å². The van der Waals surface area contributed by atoms with Crippen molar-refractivity contribution in [2.45, 2.75) is 47.0 Å². The van der Waals surface area contributed by atoms with E-state index in [-0.39, 0.29) is 25.5 Å². The summed E-state index contributed by atoms with van der Waals surface area (Å²) in [7, 11) is 0. The van der Waals surface area contributed by atoms with Crippen molar-refractivity contribution < 1.29 is 24.5 Å². The van der Waals surface area contributed by atoms with Crippen LogP contribution in [0.2, 0.25) is 0 Å². The van der Waals surface area contributed by atoms with Gasteiger partial charge in [0.15, 0.2) is 0 Å². The summed E-state index contributed by atoms with van der Waals surface area (Å²) in [6.45, 7) is 13.2. The van der Waals surface area contributed by atoms with Crippen LogP contribution in [0, 0.1) is 32.9 Å². The van der Waals surface area contributed by atoms with Gasteiger partial charge in [0.2, 0.25) is 0 Å². The molecule has 241 valence electrons. The first-order valence-electron chi connectivity index (χ1n) is 15.9. The summed E-state index contributed by atoms with van der Waals surface area (Å²) < 4.78 is 7.70. The van der Waals surface area contributed by atoms with Crippen LogP contribution >= 0.6 is 11.3 Å². The van der Waals surface area contributed by atoms with E-state index in [0.29, 0.717) is 0 Å². The number of hydrogen-bond acceptors (Lipinski definition) is 4. The van der Waals surface area contributed by atoms with Crippen molar-refractivity contribution in [1.29, 1.82) is 0 Å². The third-order valence-corrected chi connectivity index (χ3v) is 9.50. The second kappa shape index (κ2) is 13.6. The minimum absolute atomic E-state index is 0. The zero-order chi connectivity index (χ0) is 32.7. The van der Waals surface area contributed by atoms with Gasteiger partial charge in [0.25, 0.3) is 0 Å². The van der Waals surface area contributed by atoms with E-state index in [2.05, 4.69) is 112 Å². The Hall–Kier alpha value is -4.41. The Bertz CT molecular complexity index is 2340. The first-order valence-corrected chi connectivity index (χ1v) is 16.8. The Balaban J connectivity index is 0.000000241. The van der Waals surface area contributed by atoms with Gasteiger partial charge in [0.05, 0.1) is 5.58 Å². The van der Waals surface area contributed by atoms with Crippen LogP contribution in [0.25, 0.3) is 65.7 Å². The first kappa shape index (κ1) is 33.5. The molecular weight excluding hydrogens is 785 g/mol. The van der Waals surface area contributed by atoms with Gasteiger partial charge in [-0.15, -0.1) is 65.4 Å². The van der Waals surface area contributed by atoms with E-state index < -0.39 is 0 Å². The van der Waals surface area contributed by atoms with Crippen molar-refractivity contribution in [3.8, 4) is 33.6 Å². The Morgan fingerprint density at radius 2 is 1.52 bits per heavy atom. The summed E-state index contributed by atoms with van der Waals surface area (Å²) in [6.07, 6.45) is 3.91. The van der Waals surface area contributed by atoms with Gasteiger partial charge in [0, 0.05) is 48.1 Å². The number of hydrogen-bond donors (Lipinski definition) is 0. The van der Waals surface area contributed by atoms with Gasteiger partial charge in [-0.3, -0.25) is 0 Å². The van der Waals surface area contributed by atoms with Crippen LogP contribution in [0.1, 0.15) is 43.0 Å². The first-order chi connectivity index (χ1) is 22.7. The maximum atomic E-state index is 6.43. The minimum Gasteiger partial charge on any atom is -0.501 e. The molecule has 0 saturated carbocycles. The molecule has 1 radical (unpaired) electrons. The standard InChI is InChI=1S/C31H26NOS.C12H10N.Ir/c1-18-8-6-9-19(2)29(18)24-17-32-26(16-25(24)31(3,4)5)22-11-7-10-21-23-15-28-20(12-13-34-28)14-27(23)33-30(21)22;1-10-7-8-12(13-9-10)11-5-3-2-4-6-11;/h6-10,12-17H,1-5H3;2-5,7-9H,1H3;/q2*-1;. The third kappa shape index (κ3) is 6.51. The largest absolute Gasteiger partial charge is 0.501 e. The SMILES string of the molecule is Cc1ccc(-c2[c-]cccc2)nc1.Cc1cccc(C)c1-c1cnc(-c2[c-]ccc3c2oc2cc4ccsc4cc23)cc1C(C)(C)C.[Ir]. The van der Waals surface area contributed by atoms with Crippen LogP contribution in [0.15, 0.2) is 113 Å². The molecule has 8 rings (SSSR count). The van der Waals surface area contributed by atoms with Crippen molar-refractivity contribution in [2.24, 2.45) is 0 Å². The van der Waals surface area contributed by atoms with E-state index in [4.69, 9.17) is 9.40 Å². The molecule has 0 fully saturated rings. The number of aromatic nitrogens is 2. The molecule has 3 nitrogen and oxygen atoms in total. The van der Waals surface area contributed by atoms with Crippen LogP contribution in [-0.4, -0.2) is 9.97 Å². The summed E-state index contributed by atoms with van der Waals surface area (Å²) in [6, 6.07) is 37.8. The van der Waals surface area contributed by atoms with Gasteiger partial charge in [-0.1, -0.05) is 68.1 Å². The quantitative estimate of drug-likeness (QED) is 0.167. The second-order valence-corrected chi connectivity index (χ2v) is 14.1. The number of nitrogens with zero attached hydrogens (tertiary/aromatic N) is 2. The Morgan fingerprint density at radius 1 is 0.729 bits per heavy atom. The van der Waals surface area contributed by atoms with E-state index in [1.165, 1.54) is 43.5 Å². The fraction of sp³-hybridized carbons (Fsp3) is 0.163. The topological polar surface area (TPSA) is 38.9 Å². The molecule has 4 heterocycles. The van der Waals surface area contributed by atoms with Crippen molar-refractivity contribution >= 4 is 43.4 Å². The van der Waals surface area contributed by atoms with E-state index in [1.807, 2.05) is 55.7 Å². The van der Waals surface area contributed by atoms with E-state index in [0.717, 1.165) is 44.5 Å². The molecule has 0 N–H and O–H groups in total. The van der Waals surface area contributed by atoms with Crippen LogP contribution in [-0.2, 0) is 25.5 Å². The number of rotatable bonds is 3. The average Bonchev–Trinajstić information content (AvgIpc) is 3.68. The Morgan fingerprint density at radius 3 is 2.23 bits per heavy atom. The fourth-order valence-corrected chi connectivity index (χ4v) is 7.03. The van der Waals surface area contributed by atoms with Crippen molar-refractivity contribution in [1.82, 2.24) is 9.97 Å². The molecule has 8 aromatic rings. The average molecular weight is 821 g/mol. The number of aryl methyl sites for hydroxylation is 3. The summed E-state index contributed by atoms with van der Waals surface area (Å²) in [5.41, 5.74) is 13.0. The molecule has 0 unspecified atom stereocenters.